The summed E-state index contributed by atoms with van der Waals surface area (Å²) < 4.78 is 86.7. The van der Waals surface area contributed by atoms with Crippen LogP contribution in [0.25, 0.3) is 0 Å². The van der Waals surface area contributed by atoms with Crippen LogP contribution in [-0.2, 0) is 5.41 Å². The van der Waals surface area contributed by atoms with Gasteiger partial charge in [0.15, 0.2) is 0 Å². The number of benzene rings is 2. The maximum Gasteiger partial charge on any atom is 0.411 e. The molecule has 0 aliphatic rings. The van der Waals surface area contributed by atoms with Gasteiger partial charge >= 0.3 is 12.4 Å². The summed E-state index contributed by atoms with van der Waals surface area (Å²) >= 11 is 0. The molecular weight excluding hydrogens is 398 g/mol. The van der Waals surface area contributed by atoms with Crippen molar-refractivity contribution in [3.8, 4) is 11.5 Å². The van der Waals surface area contributed by atoms with Crippen LogP contribution < -0.4 is 0 Å². The Morgan fingerprint density at radius 3 is 1.03 bits per heavy atom. The summed E-state index contributed by atoms with van der Waals surface area (Å²) in [6.45, 7) is 7.88. The monoisotopic (exact) mass is 420 g/mol. The van der Waals surface area contributed by atoms with Gasteiger partial charge in [0.05, 0.1) is 0 Å². The molecule has 0 atom stereocenters. The van der Waals surface area contributed by atoms with Crippen LogP contribution in [0.4, 0.5) is 26.3 Å². The standard InChI is InChI=1S/C21H22F6O2/c1-9-11(3)15(7-17(28)13(9)5)19(20(22,23)24,21(25,26)27)16-8-18(29)14(6)10(2)12(16)4/h7-8,28-29H,1-6H3. The van der Waals surface area contributed by atoms with E-state index in [1.54, 1.807) is 0 Å². The summed E-state index contributed by atoms with van der Waals surface area (Å²) in [6.07, 6.45) is -11.6. The first kappa shape index (κ1) is 22.9. The second-order valence-electron chi connectivity index (χ2n) is 7.38. The smallest absolute Gasteiger partial charge is 0.411 e. The molecule has 2 aromatic carbocycles. The van der Waals surface area contributed by atoms with Gasteiger partial charge in [0.25, 0.3) is 0 Å². The lowest BCUT2D eigenvalue weighted by atomic mass is 9.68. The predicted octanol–water partition coefficient (Wildman–Crippen LogP) is 6.36. The van der Waals surface area contributed by atoms with E-state index in [2.05, 4.69) is 0 Å². The molecule has 8 heteroatoms. The number of phenols is 2. The van der Waals surface area contributed by atoms with Crippen molar-refractivity contribution in [2.45, 2.75) is 59.3 Å². The minimum Gasteiger partial charge on any atom is -0.508 e. The van der Waals surface area contributed by atoms with Gasteiger partial charge in [0.1, 0.15) is 11.5 Å². The highest BCUT2D eigenvalue weighted by Crippen LogP contribution is 2.59. The van der Waals surface area contributed by atoms with Gasteiger partial charge in [0, 0.05) is 0 Å². The van der Waals surface area contributed by atoms with Crippen molar-refractivity contribution >= 4 is 0 Å². The highest BCUT2D eigenvalue weighted by atomic mass is 19.4. The minimum absolute atomic E-state index is 0.128. The van der Waals surface area contributed by atoms with Crippen molar-refractivity contribution in [2.75, 3.05) is 0 Å². The SMILES string of the molecule is Cc1c(O)cc(C(c2cc(O)c(C)c(C)c2C)(C(F)(F)F)C(F)(F)F)c(C)c1C. The molecule has 2 rings (SSSR count). The first-order valence-corrected chi connectivity index (χ1v) is 8.74. The second kappa shape index (κ2) is 6.85. The zero-order valence-electron chi connectivity index (χ0n) is 16.8. The lowest BCUT2D eigenvalue weighted by Gasteiger charge is -2.41. The van der Waals surface area contributed by atoms with E-state index in [-0.39, 0.29) is 33.4 Å². The Bertz CT molecular complexity index is 892. The fraction of sp³-hybridized carbons (Fsp3) is 0.429. The summed E-state index contributed by atoms with van der Waals surface area (Å²) in [4.78, 5) is 0. The van der Waals surface area contributed by atoms with Crippen molar-refractivity contribution in [1.82, 2.24) is 0 Å². The van der Waals surface area contributed by atoms with Crippen LogP contribution >= 0.6 is 0 Å². The Kier molecular flexibility index (Phi) is 5.41. The number of alkyl halides is 6. The van der Waals surface area contributed by atoms with E-state index in [1.165, 1.54) is 41.5 Å². The van der Waals surface area contributed by atoms with Gasteiger partial charge in [-0.2, -0.15) is 26.3 Å². The summed E-state index contributed by atoms with van der Waals surface area (Å²) in [5.74, 6) is -1.32. The van der Waals surface area contributed by atoms with Gasteiger partial charge in [-0.15, -0.1) is 0 Å². The van der Waals surface area contributed by atoms with Gasteiger partial charge in [-0.25, -0.2) is 0 Å². The van der Waals surface area contributed by atoms with Crippen LogP contribution in [0.2, 0.25) is 0 Å². The summed E-state index contributed by atoms with van der Waals surface area (Å²) in [5, 5.41) is 20.2. The van der Waals surface area contributed by atoms with Crippen LogP contribution in [-0.4, -0.2) is 22.6 Å². The molecule has 0 bridgehead atoms. The molecule has 0 radical (unpaired) electrons. The number of hydrogen-bond acceptors (Lipinski definition) is 2. The van der Waals surface area contributed by atoms with Crippen LogP contribution in [0.15, 0.2) is 12.1 Å². The molecule has 2 nitrogen and oxygen atoms in total. The molecule has 0 saturated carbocycles. The van der Waals surface area contributed by atoms with Crippen molar-refractivity contribution in [3.05, 3.63) is 56.6 Å². The van der Waals surface area contributed by atoms with E-state index in [0.717, 1.165) is 0 Å². The van der Waals surface area contributed by atoms with E-state index in [4.69, 9.17) is 0 Å². The van der Waals surface area contributed by atoms with Crippen molar-refractivity contribution < 1.29 is 36.6 Å². The highest BCUT2D eigenvalue weighted by molar-refractivity contribution is 5.60. The maximum atomic E-state index is 14.4. The molecule has 0 spiro atoms. The second-order valence-corrected chi connectivity index (χ2v) is 7.38. The molecule has 29 heavy (non-hydrogen) atoms. The Morgan fingerprint density at radius 2 is 0.793 bits per heavy atom. The molecule has 0 saturated heterocycles. The van der Waals surface area contributed by atoms with Gasteiger partial charge in [0.2, 0.25) is 5.41 Å². The first-order chi connectivity index (χ1) is 13.0. The molecular formula is C21H22F6O2. The van der Waals surface area contributed by atoms with E-state index in [1.807, 2.05) is 0 Å². The average molecular weight is 420 g/mol. The number of rotatable bonds is 2. The molecule has 0 fully saturated rings. The minimum atomic E-state index is -5.80. The van der Waals surface area contributed by atoms with Crippen LogP contribution in [0, 0.1) is 41.5 Å². The lowest BCUT2D eigenvalue weighted by molar-refractivity contribution is -0.289. The predicted molar refractivity (Wildman–Crippen MR) is 97.5 cm³/mol. The first-order valence-electron chi connectivity index (χ1n) is 8.74. The molecule has 0 unspecified atom stereocenters. The molecule has 0 heterocycles. The van der Waals surface area contributed by atoms with E-state index in [9.17, 15) is 36.6 Å². The van der Waals surface area contributed by atoms with Gasteiger partial charge in [-0.3, -0.25) is 0 Å². The molecule has 2 aromatic rings. The van der Waals surface area contributed by atoms with Gasteiger partial charge in [-0.1, -0.05) is 0 Å². The molecule has 0 aromatic heterocycles. The Morgan fingerprint density at radius 1 is 0.517 bits per heavy atom. The largest absolute Gasteiger partial charge is 0.508 e. The van der Waals surface area contributed by atoms with Crippen LogP contribution in [0.5, 0.6) is 11.5 Å². The summed E-state index contributed by atoms with van der Waals surface area (Å²) in [5.41, 5.74) is -6.45. The van der Waals surface area contributed by atoms with Gasteiger partial charge in [-0.05, 0) is 98.2 Å². The van der Waals surface area contributed by atoms with E-state index < -0.39 is 40.4 Å². The van der Waals surface area contributed by atoms with E-state index >= 15 is 0 Å². The third-order valence-corrected chi connectivity index (χ3v) is 6.05. The maximum absolute atomic E-state index is 14.4. The highest BCUT2D eigenvalue weighted by Gasteiger charge is 2.73. The fourth-order valence-electron chi connectivity index (χ4n) is 3.75. The molecule has 0 aliphatic heterocycles. The normalized spacial score (nSPS) is 13.1. The Hall–Kier alpha value is -2.38. The quantitative estimate of drug-likeness (QED) is 0.555. The number of aromatic hydroxyl groups is 2. The van der Waals surface area contributed by atoms with Crippen molar-refractivity contribution in [2.24, 2.45) is 0 Å². The Labute approximate surface area is 164 Å². The zero-order chi connectivity index (χ0) is 22.7. The third kappa shape index (κ3) is 3.13. The molecule has 160 valence electrons. The van der Waals surface area contributed by atoms with E-state index in [0.29, 0.717) is 12.1 Å². The number of phenolic OH excluding ortho intramolecular Hbond substituents is 2. The van der Waals surface area contributed by atoms with Crippen LogP contribution in [0.1, 0.15) is 44.5 Å². The number of hydrogen-bond donors (Lipinski definition) is 2. The molecule has 0 aliphatic carbocycles. The van der Waals surface area contributed by atoms with Crippen molar-refractivity contribution in [1.29, 1.82) is 0 Å². The zero-order valence-corrected chi connectivity index (χ0v) is 16.8. The van der Waals surface area contributed by atoms with Crippen molar-refractivity contribution in [3.63, 3.8) is 0 Å². The average Bonchev–Trinajstić information content (AvgIpc) is 2.58. The Balaban J connectivity index is 3.23. The third-order valence-electron chi connectivity index (χ3n) is 6.05. The van der Waals surface area contributed by atoms with Crippen LogP contribution in [0.3, 0.4) is 0 Å². The topological polar surface area (TPSA) is 40.5 Å². The lowest BCUT2D eigenvalue weighted by Crippen LogP contribution is -2.55. The summed E-state index contributed by atoms with van der Waals surface area (Å²) in [7, 11) is 0. The van der Waals surface area contributed by atoms with Gasteiger partial charge < -0.3 is 10.2 Å². The molecule has 2 N–H and O–H groups in total. The number of halogens is 6. The summed E-state index contributed by atoms with van der Waals surface area (Å²) in [6, 6.07) is 1.06. The fourth-order valence-corrected chi connectivity index (χ4v) is 3.75. The molecule has 0 amide bonds.